The van der Waals surface area contributed by atoms with E-state index in [0.29, 0.717) is 16.9 Å². The minimum atomic E-state index is -0.539. The second-order valence-corrected chi connectivity index (χ2v) is 3.56. The second-order valence-electron chi connectivity index (χ2n) is 3.56. The molecule has 0 radical (unpaired) electrons. The average Bonchev–Trinajstić information content (AvgIpc) is 2.64. The number of carbonyl (C=O) groups excluding carboxylic acids is 1. The molecule has 0 aliphatic carbocycles. The molecule has 0 unspecified atom stereocenters. The lowest BCUT2D eigenvalue weighted by Crippen LogP contribution is -2.15. The highest BCUT2D eigenvalue weighted by atomic mass is 16.1. The van der Waals surface area contributed by atoms with E-state index in [4.69, 9.17) is 11.5 Å². The first-order valence-corrected chi connectivity index (χ1v) is 4.79. The van der Waals surface area contributed by atoms with Gasteiger partial charge in [-0.25, -0.2) is 4.68 Å². The van der Waals surface area contributed by atoms with E-state index in [2.05, 4.69) is 5.10 Å². The van der Waals surface area contributed by atoms with Crippen LogP contribution in [-0.4, -0.2) is 15.7 Å². The molecule has 1 aromatic heterocycles. The summed E-state index contributed by atoms with van der Waals surface area (Å²) >= 11 is 0. The minimum absolute atomic E-state index is 0.311. The number of para-hydroxylation sites is 1. The Kier molecular flexibility index (Phi) is 2.36. The van der Waals surface area contributed by atoms with Crippen LogP contribution in [0.2, 0.25) is 0 Å². The molecule has 5 heteroatoms. The van der Waals surface area contributed by atoms with Gasteiger partial charge in [0.2, 0.25) is 0 Å². The molecular formula is C11H12N4O. The molecule has 1 heterocycles. The van der Waals surface area contributed by atoms with Crippen molar-refractivity contribution < 1.29 is 4.79 Å². The van der Waals surface area contributed by atoms with E-state index in [9.17, 15) is 4.79 Å². The molecule has 2 rings (SSSR count). The predicted molar refractivity (Wildman–Crippen MR) is 61.2 cm³/mol. The quantitative estimate of drug-likeness (QED) is 0.730. The van der Waals surface area contributed by atoms with Gasteiger partial charge in [0, 0.05) is 6.20 Å². The molecule has 1 aromatic carbocycles. The number of aryl methyl sites for hydroxylation is 1. The van der Waals surface area contributed by atoms with Gasteiger partial charge in [-0.2, -0.15) is 5.10 Å². The largest absolute Gasteiger partial charge is 0.396 e. The normalized spacial score (nSPS) is 10.3. The SMILES string of the molecule is Cc1cnn(-c2cccc(C(N)=O)c2N)c1. The van der Waals surface area contributed by atoms with E-state index >= 15 is 0 Å². The summed E-state index contributed by atoms with van der Waals surface area (Å²) in [5.74, 6) is -0.539. The smallest absolute Gasteiger partial charge is 0.250 e. The second kappa shape index (κ2) is 3.69. The third-order valence-electron chi connectivity index (χ3n) is 2.31. The van der Waals surface area contributed by atoms with E-state index in [0.717, 1.165) is 5.56 Å². The Morgan fingerprint density at radius 1 is 1.44 bits per heavy atom. The summed E-state index contributed by atoms with van der Waals surface area (Å²) in [6.07, 6.45) is 3.55. The lowest BCUT2D eigenvalue weighted by atomic mass is 10.1. The van der Waals surface area contributed by atoms with Crippen LogP contribution in [0.25, 0.3) is 5.69 Å². The Labute approximate surface area is 92.7 Å². The zero-order valence-corrected chi connectivity index (χ0v) is 8.84. The fourth-order valence-electron chi connectivity index (χ4n) is 1.51. The Morgan fingerprint density at radius 3 is 2.75 bits per heavy atom. The maximum Gasteiger partial charge on any atom is 0.250 e. The van der Waals surface area contributed by atoms with Gasteiger partial charge >= 0.3 is 0 Å². The van der Waals surface area contributed by atoms with E-state index in [-0.39, 0.29) is 0 Å². The van der Waals surface area contributed by atoms with Crippen LogP contribution in [0.5, 0.6) is 0 Å². The molecule has 16 heavy (non-hydrogen) atoms. The first-order chi connectivity index (χ1) is 7.59. The summed E-state index contributed by atoms with van der Waals surface area (Å²) in [4.78, 5) is 11.1. The van der Waals surface area contributed by atoms with Gasteiger partial charge in [0.15, 0.2) is 0 Å². The number of aromatic nitrogens is 2. The van der Waals surface area contributed by atoms with E-state index in [1.165, 1.54) is 0 Å². The molecule has 0 saturated heterocycles. The van der Waals surface area contributed by atoms with Crippen molar-refractivity contribution in [1.82, 2.24) is 9.78 Å². The van der Waals surface area contributed by atoms with Gasteiger partial charge in [-0.15, -0.1) is 0 Å². The standard InChI is InChI=1S/C11H12N4O/c1-7-5-14-15(6-7)9-4-2-3-8(10(9)12)11(13)16/h2-6H,12H2,1H3,(H2,13,16). The van der Waals surface area contributed by atoms with E-state index in [1.54, 1.807) is 29.1 Å². The van der Waals surface area contributed by atoms with Crippen LogP contribution in [0.4, 0.5) is 5.69 Å². The van der Waals surface area contributed by atoms with Crippen molar-refractivity contribution in [3.63, 3.8) is 0 Å². The van der Waals surface area contributed by atoms with Gasteiger partial charge in [-0.05, 0) is 24.6 Å². The van der Waals surface area contributed by atoms with Crippen LogP contribution < -0.4 is 11.5 Å². The molecule has 5 nitrogen and oxygen atoms in total. The summed E-state index contributed by atoms with van der Waals surface area (Å²) in [6.45, 7) is 1.93. The lowest BCUT2D eigenvalue weighted by Gasteiger charge is -2.08. The number of hydrogen-bond donors (Lipinski definition) is 2. The summed E-state index contributed by atoms with van der Waals surface area (Å²) in [5, 5.41) is 4.13. The number of nitrogens with zero attached hydrogens (tertiary/aromatic N) is 2. The number of carbonyl (C=O) groups is 1. The van der Waals surface area contributed by atoms with Crippen molar-refractivity contribution in [2.45, 2.75) is 6.92 Å². The number of primary amides is 1. The minimum Gasteiger partial charge on any atom is -0.396 e. The number of hydrogen-bond acceptors (Lipinski definition) is 3. The number of anilines is 1. The molecule has 0 fully saturated rings. The number of amides is 1. The highest BCUT2D eigenvalue weighted by molar-refractivity contribution is 5.99. The monoisotopic (exact) mass is 216 g/mol. The van der Waals surface area contributed by atoms with Crippen LogP contribution >= 0.6 is 0 Å². The van der Waals surface area contributed by atoms with Crippen LogP contribution in [0.15, 0.2) is 30.6 Å². The number of rotatable bonds is 2. The van der Waals surface area contributed by atoms with Crippen LogP contribution in [0.3, 0.4) is 0 Å². The molecule has 0 aliphatic heterocycles. The molecule has 0 saturated carbocycles. The first-order valence-electron chi connectivity index (χ1n) is 4.79. The molecule has 1 amide bonds. The number of nitrogens with two attached hydrogens (primary N) is 2. The van der Waals surface area contributed by atoms with Gasteiger partial charge in [0.1, 0.15) is 0 Å². The molecule has 0 spiro atoms. The van der Waals surface area contributed by atoms with Crippen molar-refractivity contribution in [2.75, 3.05) is 5.73 Å². The summed E-state index contributed by atoms with van der Waals surface area (Å²) in [5.41, 5.74) is 13.4. The topological polar surface area (TPSA) is 86.9 Å². The van der Waals surface area contributed by atoms with Crippen molar-refractivity contribution in [3.05, 3.63) is 41.7 Å². The molecule has 4 N–H and O–H groups in total. The number of benzene rings is 1. The Bertz CT molecular complexity index is 545. The Morgan fingerprint density at radius 2 is 2.19 bits per heavy atom. The van der Waals surface area contributed by atoms with E-state index in [1.807, 2.05) is 13.1 Å². The molecule has 0 bridgehead atoms. The summed E-state index contributed by atoms with van der Waals surface area (Å²) < 4.78 is 1.62. The highest BCUT2D eigenvalue weighted by Gasteiger charge is 2.10. The zero-order valence-electron chi connectivity index (χ0n) is 8.84. The van der Waals surface area contributed by atoms with Crippen LogP contribution in [0.1, 0.15) is 15.9 Å². The van der Waals surface area contributed by atoms with Gasteiger partial charge < -0.3 is 11.5 Å². The molecule has 2 aromatic rings. The third-order valence-corrected chi connectivity index (χ3v) is 2.31. The van der Waals surface area contributed by atoms with Crippen molar-refractivity contribution in [3.8, 4) is 5.69 Å². The summed E-state index contributed by atoms with van der Waals surface area (Å²) in [7, 11) is 0. The Hall–Kier alpha value is -2.30. The van der Waals surface area contributed by atoms with Gasteiger partial charge in [-0.3, -0.25) is 4.79 Å². The molecule has 0 atom stereocenters. The van der Waals surface area contributed by atoms with E-state index < -0.39 is 5.91 Å². The average molecular weight is 216 g/mol. The first kappa shape index (κ1) is 10.2. The van der Waals surface area contributed by atoms with Crippen LogP contribution in [-0.2, 0) is 0 Å². The Balaban J connectivity index is 2.58. The fourth-order valence-corrected chi connectivity index (χ4v) is 1.51. The molecule has 82 valence electrons. The van der Waals surface area contributed by atoms with Gasteiger partial charge in [0.25, 0.3) is 5.91 Å². The zero-order chi connectivity index (χ0) is 11.7. The molecular weight excluding hydrogens is 204 g/mol. The highest BCUT2D eigenvalue weighted by Crippen LogP contribution is 2.20. The van der Waals surface area contributed by atoms with Gasteiger partial charge in [0.05, 0.1) is 23.1 Å². The van der Waals surface area contributed by atoms with Gasteiger partial charge in [-0.1, -0.05) is 6.07 Å². The van der Waals surface area contributed by atoms with Crippen molar-refractivity contribution in [1.29, 1.82) is 0 Å². The number of nitrogen functional groups attached to an aromatic ring is 1. The van der Waals surface area contributed by atoms with Crippen molar-refractivity contribution >= 4 is 11.6 Å². The maximum absolute atomic E-state index is 11.1. The summed E-state index contributed by atoms with van der Waals surface area (Å²) in [6, 6.07) is 5.11. The lowest BCUT2D eigenvalue weighted by molar-refractivity contribution is 0.100. The molecule has 0 aliphatic rings. The maximum atomic E-state index is 11.1. The fraction of sp³-hybridized carbons (Fsp3) is 0.0909. The van der Waals surface area contributed by atoms with Crippen molar-refractivity contribution in [2.24, 2.45) is 5.73 Å². The predicted octanol–water partition coefficient (Wildman–Crippen LogP) is 0.862. The van der Waals surface area contributed by atoms with Crippen LogP contribution in [0, 0.1) is 6.92 Å². The third kappa shape index (κ3) is 1.63.